The topological polar surface area (TPSA) is 53.4 Å². The average Bonchev–Trinajstić information content (AvgIpc) is 2.97. The fourth-order valence-corrected chi connectivity index (χ4v) is 2.53. The summed E-state index contributed by atoms with van der Waals surface area (Å²) >= 11 is 0. The van der Waals surface area contributed by atoms with Gasteiger partial charge >= 0.3 is 5.97 Å². The highest BCUT2D eigenvalue weighted by Gasteiger charge is 2.16. The fourth-order valence-electron chi connectivity index (χ4n) is 2.53. The molecule has 3 rings (SSSR count). The van der Waals surface area contributed by atoms with Crippen molar-refractivity contribution in [2.75, 3.05) is 14.2 Å². The molecule has 5 heteroatoms. The lowest BCUT2D eigenvalue weighted by atomic mass is 10.1. The van der Waals surface area contributed by atoms with Crippen LogP contribution in [0.1, 0.15) is 15.9 Å². The number of rotatable bonds is 4. The van der Waals surface area contributed by atoms with E-state index in [1.807, 2.05) is 47.3 Å². The van der Waals surface area contributed by atoms with Crippen molar-refractivity contribution in [1.29, 1.82) is 0 Å². The van der Waals surface area contributed by atoms with Gasteiger partial charge < -0.3 is 9.47 Å². The molecule has 5 nitrogen and oxygen atoms in total. The summed E-state index contributed by atoms with van der Waals surface area (Å²) in [7, 11) is 2.90. The van der Waals surface area contributed by atoms with Gasteiger partial charge in [-0.05, 0) is 12.1 Å². The van der Waals surface area contributed by atoms with Crippen molar-refractivity contribution >= 4 is 16.9 Å². The molecular weight excluding hydrogens is 280 g/mol. The number of carbonyl (C=O) groups excluding carboxylic acids is 1. The molecule has 3 aromatic rings. The van der Waals surface area contributed by atoms with E-state index in [1.54, 1.807) is 13.2 Å². The lowest BCUT2D eigenvalue weighted by Gasteiger charge is -2.12. The Morgan fingerprint density at radius 3 is 2.73 bits per heavy atom. The van der Waals surface area contributed by atoms with Crippen molar-refractivity contribution in [3.05, 3.63) is 59.8 Å². The van der Waals surface area contributed by atoms with E-state index in [0.29, 0.717) is 17.9 Å². The predicted molar refractivity (Wildman–Crippen MR) is 83.2 cm³/mol. The van der Waals surface area contributed by atoms with Crippen LogP contribution in [0.5, 0.6) is 5.75 Å². The minimum absolute atomic E-state index is 0.413. The van der Waals surface area contributed by atoms with Gasteiger partial charge in [0.25, 0.3) is 0 Å². The van der Waals surface area contributed by atoms with Gasteiger partial charge in [0.1, 0.15) is 11.3 Å². The molecule has 0 unspecified atom stereocenters. The minimum Gasteiger partial charge on any atom is -0.495 e. The van der Waals surface area contributed by atoms with Crippen LogP contribution in [-0.2, 0) is 11.3 Å². The third kappa shape index (κ3) is 2.41. The van der Waals surface area contributed by atoms with Crippen LogP contribution < -0.4 is 4.74 Å². The molecule has 0 atom stereocenters. The van der Waals surface area contributed by atoms with Crippen LogP contribution in [0, 0.1) is 0 Å². The van der Waals surface area contributed by atoms with Crippen molar-refractivity contribution in [2.45, 2.75) is 6.54 Å². The van der Waals surface area contributed by atoms with Gasteiger partial charge in [0, 0.05) is 10.9 Å². The van der Waals surface area contributed by atoms with Gasteiger partial charge in [0.2, 0.25) is 0 Å². The molecule has 112 valence electrons. The lowest BCUT2D eigenvalue weighted by Crippen LogP contribution is -2.09. The maximum Gasteiger partial charge on any atom is 0.341 e. The summed E-state index contributed by atoms with van der Waals surface area (Å²) in [6, 6.07) is 13.4. The van der Waals surface area contributed by atoms with E-state index in [0.717, 1.165) is 16.5 Å². The molecule has 0 saturated carbocycles. The molecule has 0 saturated heterocycles. The van der Waals surface area contributed by atoms with E-state index >= 15 is 0 Å². The molecule has 0 aliphatic carbocycles. The highest BCUT2D eigenvalue weighted by atomic mass is 16.5. The lowest BCUT2D eigenvalue weighted by molar-refractivity contribution is 0.0597. The third-order valence-electron chi connectivity index (χ3n) is 3.58. The van der Waals surface area contributed by atoms with Crippen LogP contribution in [0.3, 0.4) is 0 Å². The Balaban J connectivity index is 2.03. The number of esters is 1. The van der Waals surface area contributed by atoms with Gasteiger partial charge in [-0.15, -0.1) is 0 Å². The van der Waals surface area contributed by atoms with E-state index in [-0.39, 0.29) is 0 Å². The summed E-state index contributed by atoms with van der Waals surface area (Å²) in [4.78, 5) is 11.8. The van der Waals surface area contributed by atoms with E-state index in [2.05, 4.69) is 5.10 Å². The SMILES string of the molecule is COC(=O)c1cccc(Cn2ncc3ccccc32)c1OC. The zero-order chi connectivity index (χ0) is 15.5. The van der Waals surface area contributed by atoms with Gasteiger partial charge in [0.05, 0.1) is 32.5 Å². The van der Waals surface area contributed by atoms with Gasteiger partial charge in [0.15, 0.2) is 0 Å². The Bertz CT molecular complexity index is 824. The van der Waals surface area contributed by atoms with Crippen LogP contribution in [0.25, 0.3) is 10.9 Å². The number of hydrogen-bond acceptors (Lipinski definition) is 4. The summed E-state index contributed by atoms with van der Waals surface area (Å²) in [5, 5.41) is 5.48. The average molecular weight is 296 g/mol. The van der Waals surface area contributed by atoms with Crippen molar-refractivity contribution in [2.24, 2.45) is 0 Å². The molecule has 0 aliphatic rings. The Kier molecular flexibility index (Phi) is 3.78. The van der Waals surface area contributed by atoms with Crippen LogP contribution >= 0.6 is 0 Å². The van der Waals surface area contributed by atoms with Crippen LogP contribution in [0.15, 0.2) is 48.7 Å². The minimum atomic E-state index is -0.413. The monoisotopic (exact) mass is 296 g/mol. The highest BCUT2D eigenvalue weighted by molar-refractivity contribution is 5.93. The number of benzene rings is 2. The van der Waals surface area contributed by atoms with Crippen molar-refractivity contribution in [3.8, 4) is 5.75 Å². The summed E-state index contributed by atoms with van der Waals surface area (Å²) in [5.74, 6) is 0.109. The molecule has 0 spiro atoms. The Morgan fingerprint density at radius 2 is 1.95 bits per heavy atom. The zero-order valence-corrected chi connectivity index (χ0v) is 12.4. The van der Waals surface area contributed by atoms with E-state index in [1.165, 1.54) is 7.11 Å². The van der Waals surface area contributed by atoms with Crippen LogP contribution in [0.2, 0.25) is 0 Å². The second-order valence-electron chi connectivity index (χ2n) is 4.85. The van der Waals surface area contributed by atoms with Gasteiger partial charge in [-0.3, -0.25) is 4.68 Å². The summed E-state index contributed by atoms with van der Waals surface area (Å²) in [6.07, 6.45) is 1.83. The van der Waals surface area contributed by atoms with Crippen LogP contribution in [-0.4, -0.2) is 30.0 Å². The second kappa shape index (κ2) is 5.89. The first-order valence-electron chi connectivity index (χ1n) is 6.89. The largest absolute Gasteiger partial charge is 0.495 e. The van der Waals surface area contributed by atoms with E-state index < -0.39 is 5.97 Å². The first kappa shape index (κ1) is 14.1. The van der Waals surface area contributed by atoms with Gasteiger partial charge in [-0.2, -0.15) is 5.10 Å². The molecule has 0 radical (unpaired) electrons. The zero-order valence-electron chi connectivity index (χ0n) is 12.4. The first-order chi connectivity index (χ1) is 10.7. The van der Waals surface area contributed by atoms with Crippen molar-refractivity contribution in [3.63, 3.8) is 0 Å². The quantitative estimate of drug-likeness (QED) is 0.695. The molecule has 0 fully saturated rings. The Hall–Kier alpha value is -2.82. The van der Waals surface area contributed by atoms with E-state index in [4.69, 9.17) is 9.47 Å². The number of fused-ring (bicyclic) bond motifs is 1. The number of ether oxygens (including phenoxy) is 2. The molecule has 22 heavy (non-hydrogen) atoms. The van der Waals surface area contributed by atoms with Crippen molar-refractivity contribution < 1.29 is 14.3 Å². The van der Waals surface area contributed by atoms with Crippen molar-refractivity contribution in [1.82, 2.24) is 9.78 Å². The number of hydrogen-bond donors (Lipinski definition) is 0. The van der Waals surface area contributed by atoms with E-state index in [9.17, 15) is 4.79 Å². The first-order valence-corrected chi connectivity index (χ1v) is 6.89. The summed E-state index contributed by atoms with van der Waals surface area (Å²) < 4.78 is 12.1. The molecule has 2 aromatic carbocycles. The number of aromatic nitrogens is 2. The number of methoxy groups -OCH3 is 2. The smallest absolute Gasteiger partial charge is 0.341 e. The normalized spacial score (nSPS) is 10.6. The molecule has 0 N–H and O–H groups in total. The van der Waals surface area contributed by atoms with Gasteiger partial charge in [-0.25, -0.2) is 4.79 Å². The number of nitrogens with zero attached hydrogens (tertiary/aromatic N) is 2. The number of para-hydroxylation sites is 2. The maximum atomic E-state index is 11.8. The molecule has 0 bridgehead atoms. The summed E-state index contributed by atoms with van der Waals surface area (Å²) in [6.45, 7) is 0.515. The summed E-state index contributed by atoms with van der Waals surface area (Å²) in [5.41, 5.74) is 2.33. The molecule has 1 heterocycles. The maximum absolute atomic E-state index is 11.8. The Morgan fingerprint density at radius 1 is 1.14 bits per heavy atom. The highest BCUT2D eigenvalue weighted by Crippen LogP contribution is 2.26. The molecule has 0 amide bonds. The number of carbonyl (C=O) groups is 1. The third-order valence-corrected chi connectivity index (χ3v) is 3.58. The predicted octanol–water partition coefficient (Wildman–Crippen LogP) is 2.88. The molecule has 1 aromatic heterocycles. The Labute approximate surface area is 128 Å². The van der Waals surface area contributed by atoms with Gasteiger partial charge in [-0.1, -0.05) is 30.3 Å². The molecular formula is C17H16N2O3. The standard InChI is InChI=1S/C17H16N2O3/c1-21-16-13(7-5-8-14(16)17(20)22-2)11-19-15-9-4-3-6-12(15)10-18-19/h3-10H,11H2,1-2H3. The van der Waals surface area contributed by atoms with Crippen LogP contribution in [0.4, 0.5) is 0 Å². The fraction of sp³-hybridized carbons (Fsp3) is 0.176. The molecule has 0 aliphatic heterocycles. The second-order valence-corrected chi connectivity index (χ2v) is 4.85.